The number of amides is 2. The first kappa shape index (κ1) is 17.5. The molecule has 5 nitrogen and oxygen atoms in total. The number of aliphatic hydroxyl groups excluding tert-OH is 1. The topological polar surface area (TPSA) is 78.4 Å². The minimum atomic E-state index is -0.137. The van der Waals surface area contributed by atoms with Gasteiger partial charge in [-0.3, -0.25) is 9.59 Å². The Labute approximate surface area is 137 Å². The second-order valence-electron chi connectivity index (χ2n) is 6.25. The van der Waals surface area contributed by atoms with Crippen molar-refractivity contribution in [1.82, 2.24) is 5.32 Å². The first-order valence-corrected chi connectivity index (χ1v) is 8.39. The Morgan fingerprint density at radius 3 is 2.39 bits per heavy atom. The van der Waals surface area contributed by atoms with Crippen molar-refractivity contribution in [2.75, 3.05) is 11.9 Å². The normalized spacial score (nSPS) is 16.6. The number of benzene rings is 1. The second kappa shape index (κ2) is 8.67. The average Bonchev–Trinajstić information content (AvgIpc) is 2.55. The monoisotopic (exact) mass is 318 g/mol. The van der Waals surface area contributed by atoms with Gasteiger partial charge in [0.25, 0.3) is 5.91 Å². The van der Waals surface area contributed by atoms with Gasteiger partial charge >= 0.3 is 0 Å². The molecule has 0 radical (unpaired) electrons. The van der Waals surface area contributed by atoms with Crippen LogP contribution in [0.25, 0.3) is 0 Å². The fraction of sp³-hybridized carbons (Fsp3) is 0.556. The van der Waals surface area contributed by atoms with Crippen LogP contribution in [0.5, 0.6) is 0 Å². The molecule has 0 spiro atoms. The maximum Gasteiger partial charge on any atom is 0.251 e. The van der Waals surface area contributed by atoms with Crippen molar-refractivity contribution in [2.45, 2.75) is 51.5 Å². The highest BCUT2D eigenvalue weighted by Gasteiger charge is 2.25. The fourth-order valence-electron chi connectivity index (χ4n) is 3.26. The molecule has 1 aliphatic carbocycles. The summed E-state index contributed by atoms with van der Waals surface area (Å²) in [5, 5.41) is 15.0. The van der Waals surface area contributed by atoms with Crippen LogP contribution in [0.3, 0.4) is 0 Å². The highest BCUT2D eigenvalue weighted by molar-refractivity contribution is 5.95. The molecule has 0 heterocycles. The van der Waals surface area contributed by atoms with E-state index in [1.165, 1.54) is 26.2 Å². The molecule has 0 aliphatic heterocycles. The Balaban J connectivity index is 1.98. The molecule has 1 aromatic carbocycles. The molecular weight excluding hydrogens is 292 g/mol. The van der Waals surface area contributed by atoms with Crippen molar-refractivity contribution in [1.29, 1.82) is 0 Å². The van der Waals surface area contributed by atoms with E-state index < -0.39 is 0 Å². The summed E-state index contributed by atoms with van der Waals surface area (Å²) in [6, 6.07) is 6.88. The molecule has 1 aromatic rings. The summed E-state index contributed by atoms with van der Waals surface area (Å²) in [6.45, 7) is 1.53. The third-order valence-electron chi connectivity index (χ3n) is 4.44. The molecule has 1 aliphatic rings. The molecule has 1 atom stereocenters. The molecule has 0 saturated heterocycles. The summed E-state index contributed by atoms with van der Waals surface area (Å²) in [7, 11) is 0. The van der Waals surface area contributed by atoms with Crippen molar-refractivity contribution in [3.8, 4) is 0 Å². The SMILES string of the molecule is CC(=O)Nc1ccc(C(=O)NC(CCO)C2CCCCC2)cc1. The molecule has 2 rings (SSSR count). The van der Waals surface area contributed by atoms with Gasteiger partial charge < -0.3 is 15.7 Å². The van der Waals surface area contributed by atoms with E-state index in [9.17, 15) is 14.7 Å². The van der Waals surface area contributed by atoms with Crippen LogP contribution in [0.15, 0.2) is 24.3 Å². The van der Waals surface area contributed by atoms with Gasteiger partial charge in [0.15, 0.2) is 0 Å². The van der Waals surface area contributed by atoms with Crippen LogP contribution in [-0.4, -0.2) is 29.6 Å². The number of aliphatic hydroxyl groups is 1. The Morgan fingerprint density at radius 2 is 1.83 bits per heavy atom. The van der Waals surface area contributed by atoms with E-state index in [-0.39, 0.29) is 24.5 Å². The number of nitrogens with one attached hydrogen (secondary N) is 2. The Hall–Kier alpha value is -1.88. The first-order valence-electron chi connectivity index (χ1n) is 8.39. The van der Waals surface area contributed by atoms with Crippen molar-refractivity contribution < 1.29 is 14.7 Å². The highest BCUT2D eigenvalue weighted by Crippen LogP contribution is 2.28. The van der Waals surface area contributed by atoms with Crippen LogP contribution in [0, 0.1) is 5.92 Å². The van der Waals surface area contributed by atoms with E-state index >= 15 is 0 Å². The molecule has 0 aromatic heterocycles. The average molecular weight is 318 g/mol. The predicted octanol–water partition coefficient (Wildman–Crippen LogP) is 2.71. The number of carbonyl (C=O) groups excluding carboxylic acids is 2. The van der Waals surface area contributed by atoms with E-state index in [0.717, 1.165) is 12.8 Å². The van der Waals surface area contributed by atoms with Crippen LogP contribution in [0.1, 0.15) is 55.8 Å². The van der Waals surface area contributed by atoms with E-state index in [1.54, 1.807) is 24.3 Å². The lowest BCUT2D eigenvalue weighted by Crippen LogP contribution is -2.41. The Morgan fingerprint density at radius 1 is 1.17 bits per heavy atom. The highest BCUT2D eigenvalue weighted by atomic mass is 16.3. The molecular formula is C18H26N2O3. The van der Waals surface area contributed by atoms with Crippen LogP contribution in [-0.2, 0) is 4.79 Å². The number of rotatable bonds is 6. The minimum Gasteiger partial charge on any atom is -0.396 e. The number of hydrogen-bond acceptors (Lipinski definition) is 3. The zero-order valence-electron chi connectivity index (χ0n) is 13.7. The lowest BCUT2D eigenvalue weighted by Gasteiger charge is -2.30. The van der Waals surface area contributed by atoms with E-state index in [1.807, 2.05) is 0 Å². The molecule has 126 valence electrons. The quantitative estimate of drug-likeness (QED) is 0.754. The zero-order valence-corrected chi connectivity index (χ0v) is 13.7. The van der Waals surface area contributed by atoms with Crippen LogP contribution >= 0.6 is 0 Å². The van der Waals surface area contributed by atoms with E-state index in [2.05, 4.69) is 10.6 Å². The lowest BCUT2D eigenvalue weighted by molar-refractivity contribution is -0.114. The molecule has 2 amide bonds. The van der Waals surface area contributed by atoms with Crippen molar-refractivity contribution in [2.24, 2.45) is 5.92 Å². The second-order valence-corrected chi connectivity index (χ2v) is 6.25. The third-order valence-corrected chi connectivity index (χ3v) is 4.44. The van der Waals surface area contributed by atoms with Gasteiger partial charge in [0.2, 0.25) is 5.91 Å². The van der Waals surface area contributed by atoms with Gasteiger partial charge in [0.1, 0.15) is 0 Å². The summed E-state index contributed by atoms with van der Waals surface area (Å²) in [6.07, 6.45) is 6.50. The van der Waals surface area contributed by atoms with Gasteiger partial charge in [-0.1, -0.05) is 19.3 Å². The summed E-state index contributed by atoms with van der Waals surface area (Å²) in [5.74, 6) is 0.199. The van der Waals surface area contributed by atoms with Crippen LogP contribution < -0.4 is 10.6 Å². The fourth-order valence-corrected chi connectivity index (χ4v) is 3.26. The Kier molecular flexibility index (Phi) is 6.59. The van der Waals surface area contributed by atoms with Gasteiger partial charge in [0.05, 0.1) is 0 Å². The Bertz CT molecular complexity index is 522. The molecule has 1 fully saturated rings. The lowest BCUT2D eigenvalue weighted by atomic mass is 9.82. The maximum absolute atomic E-state index is 12.4. The molecule has 1 unspecified atom stereocenters. The smallest absolute Gasteiger partial charge is 0.251 e. The minimum absolute atomic E-state index is 0.0304. The standard InChI is InChI=1S/C18H26N2O3/c1-13(22)19-16-9-7-15(8-10-16)18(23)20-17(11-12-21)14-5-3-2-4-6-14/h7-10,14,17,21H,2-6,11-12H2,1H3,(H,19,22)(H,20,23). The van der Waals surface area contributed by atoms with Crippen molar-refractivity contribution in [3.63, 3.8) is 0 Å². The van der Waals surface area contributed by atoms with E-state index in [0.29, 0.717) is 23.6 Å². The van der Waals surface area contributed by atoms with Gasteiger partial charge in [-0.25, -0.2) is 0 Å². The number of hydrogen-bond donors (Lipinski definition) is 3. The summed E-state index contributed by atoms with van der Waals surface area (Å²) < 4.78 is 0. The maximum atomic E-state index is 12.4. The summed E-state index contributed by atoms with van der Waals surface area (Å²) in [5.41, 5.74) is 1.24. The summed E-state index contributed by atoms with van der Waals surface area (Å²) >= 11 is 0. The summed E-state index contributed by atoms with van der Waals surface area (Å²) in [4.78, 5) is 23.4. The molecule has 1 saturated carbocycles. The van der Waals surface area contributed by atoms with Gasteiger partial charge in [-0.15, -0.1) is 0 Å². The zero-order chi connectivity index (χ0) is 16.7. The van der Waals surface area contributed by atoms with Crippen LogP contribution in [0.4, 0.5) is 5.69 Å². The molecule has 0 bridgehead atoms. The van der Waals surface area contributed by atoms with Gasteiger partial charge in [-0.05, 0) is 49.4 Å². The van der Waals surface area contributed by atoms with Crippen molar-refractivity contribution >= 4 is 17.5 Å². The molecule has 23 heavy (non-hydrogen) atoms. The largest absolute Gasteiger partial charge is 0.396 e. The third kappa shape index (κ3) is 5.36. The van der Waals surface area contributed by atoms with Crippen LogP contribution in [0.2, 0.25) is 0 Å². The number of anilines is 1. The first-order chi connectivity index (χ1) is 11.1. The molecule has 5 heteroatoms. The predicted molar refractivity (Wildman–Crippen MR) is 90.3 cm³/mol. The number of carbonyl (C=O) groups is 2. The van der Waals surface area contributed by atoms with Crippen molar-refractivity contribution in [3.05, 3.63) is 29.8 Å². The molecule has 3 N–H and O–H groups in total. The van der Waals surface area contributed by atoms with E-state index in [4.69, 9.17) is 0 Å². The van der Waals surface area contributed by atoms with Gasteiger partial charge in [-0.2, -0.15) is 0 Å². The van der Waals surface area contributed by atoms with Gasteiger partial charge in [0, 0.05) is 30.8 Å².